The lowest BCUT2D eigenvalue weighted by molar-refractivity contribution is -0.145. The lowest BCUT2D eigenvalue weighted by Crippen LogP contribution is -2.37. The van der Waals surface area contributed by atoms with Gasteiger partial charge in [-0.05, 0) is 62.8 Å². The van der Waals surface area contributed by atoms with Crippen LogP contribution in [0, 0.1) is 24.6 Å². The molecule has 1 amide bonds. The van der Waals surface area contributed by atoms with E-state index in [1.54, 1.807) is 24.0 Å². The van der Waals surface area contributed by atoms with Crippen LogP contribution in [0.5, 0.6) is 0 Å². The number of likely N-dealkylation sites (tertiary alicyclic amines) is 1. The van der Waals surface area contributed by atoms with Gasteiger partial charge >= 0.3 is 5.97 Å². The van der Waals surface area contributed by atoms with E-state index in [0.717, 1.165) is 0 Å². The summed E-state index contributed by atoms with van der Waals surface area (Å²) in [7, 11) is -1.27. The highest BCUT2D eigenvalue weighted by atomic mass is 32.2. The topological polar surface area (TPSA) is 74.7 Å². The molecule has 2 aliphatic rings. The minimum absolute atomic E-state index is 0.0589. The fourth-order valence-electron chi connectivity index (χ4n) is 3.88. The van der Waals surface area contributed by atoms with Crippen molar-refractivity contribution in [2.24, 2.45) is 11.8 Å². The molecular weight excluding hydrogens is 357 g/mol. The maximum Gasteiger partial charge on any atom is 0.306 e. The monoisotopic (exact) mass is 381 g/mol. The van der Waals surface area contributed by atoms with E-state index < -0.39 is 16.8 Å². The number of carbonyl (C=O) groups is 2. The van der Waals surface area contributed by atoms with Crippen LogP contribution >= 0.6 is 0 Å². The van der Waals surface area contributed by atoms with E-state index in [9.17, 15) is 18.2 Å². The average Bonchev–Trinajstić information content (AvgIpc) is 3.13. The first kappa shape index (κ1) is 19.0. The Hall–Kier alpha value is -1.76. The van der Waals surface area contributed by atoms with Crippen molar-refractivity contribution in [1.29, 1.82) is 0 Å². The minimum atomic E-state index is -1.27. The number of carboxylic acid groups (broad SMARTS) is 1. The molecule has 0 bridgehead atoms. The van der Waals surface area contributed by atoms with Gasteiger partial charge in [-0.25, -0.2) is 4.39 Å². The number of amides is 1. The standard InChI is InChI=1S/C19H24FNO4S/c1-12-10-15(6-7-17(12)20)26(25)16-8-9-21(11-16)18(22)13-2-4-14(5-3-13)19(23)24/h6-7,10,13-14,16H,2-5,8-9,11H2,1H3,(H,23,24)/t13?,14?,16-,26?/m0/s1. The van der Waals surface area contributed by atoms with Gasteiger partial charge in [0.2, 0.25) is 5.91 Å². The Morgan fingerprint density at radius 2 is 1.81 bits per heavy atom. The number of aryl methyl sites for hydroxylation is 1. The van der Waals surface area contributed by atoms with Gasteiger partial charge in [0, 0.05) is 23.9 Å². The molecule has 0 spiro atoms. The van der Waals surface area contributed by atoms with Crippen LogP contribution < -0.4 is 0 Å². The summed E-state index contributed by atoms with van der Waals surface area (Å²) in [6.07, 6.45) is 2.97. The number of halogens is 1. The first-order chi connectivity index (χ1) is 12.4. The summed E-state index contributed by atoms with van der Waals surface area (Å²) in [5.41, 5.74) is 0.469. The second-order valence-corrected chi connectivity index (χ2v) is 9.02. The Morgan fingerprint density at radius 1 is 1.15 bits per heavy atom. The molecule has 3 rings (SSSR count). The SMILES string of the molecule is Cc1cc(S(=O)[C@H]2CCN(C(=O)C3CCC(C(=O)O)CC3)C2)ccc1F. The van der Waals surface area contributed by atoms with Crippen LogP contribution in [0.25, 0.3) is 0 Å². The zero-order chi connectivity index (χ0) is 18.8. The van der Waals surface area contributed by atoms with Gasteiger partial charge in [0.25, 0.3) is 0 Å². The van der Waals surface area contributed by atoms with Crippen LogP contribution in [0.2, 0.25) is 0 Å². The molecule has 1 aromatic carbocycles. The molecule has 2 atom stereocenters. The number of aliphatic carboxylic acids is 1. The van der Waals surface area contributed by atoms with Crippen molar-refractivity contribution >= 4 is 22.7 Å². The number of nitrogens with zero attached hydrogens (tertiary/aromatic N) is 1. The predicted octanol–water partition coefficient (Wildman–Crippen LogP) is 2.73. The summed E-state index contributed by atoms with van der Waals surface area (Å²) in [6.45, 7) is 2.67. The van der Waals surface area contributed by atoms with Crippen molar-refractivity contribution in [2.45, 2.75) is 49.2 Å². The van der Waals surface area contributed by atoms with Gasteiger partial charge in [-0.15, -0.1) is 0 Å². The fourth-order valence-corrected chi connectivity index (χ4v) is 5.40. The first-order valence-corrected chi connectivity index (χ1v) is 10.3. The Balaban J connectivity index is 1.58. The Morgan fingerprint density at radius 3 is 2.42 bits per heavy atom. The molecule has 1 aromatic rings. The van der Waals surface area contributed by atoms with Crippen LogP contribution in [0.15, 0.2) is 23.1 Å². The van der Waals surface area contributed by atoms with Gasteiger partial charge in [0.15, 0.2) is 0 Å². The molecule has 1 N–H and O–H groups in total. The molecule has 0 radical (unpaired) electrons. The molecule has 0 aromatic heterocycles. The summed E-state index contributed by atoms with van der Waals surface area (Å²) in [4.78, 5) is 26.1. The molecule has 142 valence electrons. The van der Waals surface area contributed by atoms with Crippen molar-refractivity contribution in [2.75, 3.05) is 13.1 Å². The number of hydrogen-bond donors (Lipinski definition) is 1. The predicted molar refractivity (Wildman–Crippen MR) is 95.6 cm³/mol. The molecular formula is C19H24FNO4S. The van der Waals surface area contributed by atoms with E-state index in [2.05, 4.69) is 0 Å². The molecule has 1 saturated heterocycles. The highest BCUT2D eigenvalue weighted by molar-refractivity contribution is 7.85. The molecule has 2 fully saturated rings. The first-order valence-electron chi connectivity index (χ1n) is 9.05. The van der Waals surface area contributed by atoms with Crippen molar-refractivity contribution < 1.29 is 23.3 Å². The van der Waals surface area contributed by atoms with Crippen molar-refractivity contribution in [3.05, 3.63) is 29.6 Å². The molecule has 1 aliphatic heterocycles. The molecule has 7 heteroatoms. The summed E-state index contributed by atoms with van der Waals surface area (Å²) in [5, 5.41) is 8.92. The van der Waals surface area contributed by atoms with E-state index in [-0.39, 0.29) is 28.8 Å². The van der Waals surface area contributed by atoms with Crippen molar-refractivity contribution in [3.8, 4) is 0 Å². The van der Waals surface area contributed by atoms with Crippen LogP contribution in [0.4, 0.5) is 4.39 Å². The second kappa shape index (κ2) is 7.86. The quantitative estimate of drug-likeness (QED) is 0.870. The van der Waals surface area contributed by atoms with Gasteiger partial charge in [0.1, 0.15) is 5.82 Å². The number of rotatable bonds is 4. The van der Waals surface area contributed by atoms with Crippen molar-refractivity contribution in [1.82, 2.24) is 4.90 Å². The largest absolute Gasteiger partial charge is 0.481 e. The zero-order valence-corrected chi connectivity index (χ0v) is 15.6. The Bertz CT molecular complexity index is 730. The van der Waals surface area contributed by atoms with Gasteiger partial charge in [-0.2, -0.15) is 0 Å². The fraction of sp³-hybridized carbons (Fsp3) is 0.579. The van der Waals surface area contributed by atoms with E-state index >= 15 is 0 Å². The summed E-state index contributed by atoms with van der Waals surface area (Å²) in [6, 6.07) is 4.50. The minimum Gasteiger partial charge on any atom is -0.481 e. The van der Waals surface area contributed by atoms with E-state index in [1.807, 2.05) is 0 Å². The molecule has 1 heterocycles. The number of benzene rings is 1. The molecule has 1 saturated carbocycles. The van der Waals surface area contributed by atoms with Crippen molar-refractivity contribution in [3.63, 3.8) is 0 Å². The summed E-state index contributed by atoms with van der Waals surface area (Å²) < 4.78 is 26.2. The van der Waals surface area contributed by atoms with Gasteiger partial charge < -0.3 is 10.0 Å². The molecule has 1 unspecified atom stereocenters. The third-order valence-corrected chi connectivity index (χ3v) is 7.26. The highest BCUT2D eigenvalue weighted by Crippen LogP contribution is 2.32. The van der Waals surface area contributed by atoms with Crippen LogP contribution in [0.1, 0.15) is 37.7 Å². The summed E-state index contributed by atoms with van der Waals surface area (Å²) >= 11 is 0. The Labute approximate surface area is 155 Å². The normalized spacial score (nSPS) is 27.3. The van der Waals surface area contributed by atoms with Gasteiger partial charge in [-0.1, -0.05) is 0 Å². The average molecular weight is 381 g/mol. The zero-order valence-electron chi connectivity index (χ0n) is 14.8. The number of hydrogen-bond acceptors (Lipinski definition) is 3. The smallest absolute Gasteiger partial charge is 0.306 e. The van der Waals surface area contributed by atoms with E-state index in [1.165, 1.54) is 6.07 Å². The lowest BCUT2D eigenvalue weighted by atomic mass is 9.81. The number of carboxylic acids is 1. The molecule has 26 heavy (non-hydrogen) atoms. The van der Waals surface area contributed by atoms with Gasteiger partial charge in [0.05, 0.1) is 22.0 Å². The second-order valence-electron chi connectivity index (χ2n) is 7.29. The van der Waals surface area contributed by atoms with E-state index in [0.29, 0.717) is 55.7 Å². The molecule has 1 aliphatic carbocycles. The Kier molecular flexibility index (Phi) is 5.75. The third-order valence-electron chi connectivity index (χ3n) is 5.55. The summed E-state index contributed by atoms with van der Waals surface area (Å²) in [5.74, 6) is -1.48. The number of carbonyl (C=O) groups excluding carboxylic acids is 1. The third kappa shape index (κ3) is 3.98. The van der Waals surface area contributed by atoms with Crippen LogP contribution in [0.3, 0.4) is 0 Å². The van der Waals surface area contributed by atoms with Gasteiger partial charge in [-0.3, -0.25) is 13.8 Å². The maximum absolute atomic E-state index is 13.4. The lowest BCUT2D eigenvalue weighted by Gasteiger charge is -2.28. The van der Waals surface area contributed by atoms with E-state index in [4.69, 9.17) is 5.11 Å². The maximum atomic E-state index is 13.4. The molecule has 5 nitrogen and oxygen atoms in total. The van der Waals surface area contributed by atoms with Crippen LogP contribution in [-0.2, 0) is 20.4 Å². The highest BCUT2D eigenvalue weighted by Gasteiger charge is 2.36. The van der Waals surface area contributed by atoms with Crippen LogP contribution in [-0.4, -0.2) is 44.4 Å².